The number of anilines is 2. The Labute approximate surface area is 145 Å². The average Bonchev–Trinajstić information content (AvgIpc) is 3.04. The van der Waals surface area contributed by atoms with Crippen LogP contribution in [-0.2, 0) is 4.74 Å². The van der Waals surface area contributed by atoms with E-state index in [0.29, 0.717) is 29.3 Å². The Morgan fingerprint density at radius 3 is 2.87 bits per heavy atom. The van der Waals surface area contributed by atoms with Gasteiger partial charge in [0.1, 0.15) is 5.65 Å². The monoisotopic (exact) mass is 361 g/mol. The summed E-state index contributed by atoms with van der Waals surface area (Å²) in [5.74, 6) is 0.670. The quantitative estimate of drug-likeness (QED) is 0.469. The fourth-order valence-corrected chi connectivity index (χ4v) is 1.90. The Hall–Kier alpha value is -1.68. The van der Waals surface area contributed by atoms with Gasteiger partial charge < -0.3 is 15.0 Å². The lowest BCUT2D eigenvalue weighted by molar-refractivity contribution is 0.154. The number of rotatable bonds is 6. The molecule has 7 nitrogen and oxygen atoms in total. The summed E-state index contributed by atoms with van der Waals surface area (Å²) in [6.07, 6.45) is 2.82. The number of H-pyrrole nitrogens is 1. The van der Waals surface area contributed by atoms with E-state index >= 15 is 0 Å². The van der Waals surface area contributed by atoms with Gasteiger partial charge in [-0.05, 0) is 19.2 Å². The van der Waals surface area contributed by atoms with E-state index in [1.54, 1.807) is 18.5 Å². The molecule has 0 bridgehead atoms. The van der Waals surface area contributed by atoms with Crippen LogP contribution in [0, 0.1) is 0 Å². The molecule has 0 spiro atoms. The molecule has 0 atom stereocenters. The van der Waals surface area contributed by atoms with E-state index in [-0.39, 0.29) is 13.0 Å². The topological polar surface area (TPSA) is 83.1 Å². The molecule has 2 aromatic heterocycles. The van der Waals surface area contributed by atoms with E-state index in [2.05, 4.69) is 45.7 Å². The van der Waals surface area contributed by atoms with Gasteiger partial charge in [-0.2, -0.15) is 22.6 Å². The third-order valence-electron chi connectivity index (χ3n) is 2.61. The second-order valence-corrected chi connectivity index (χ2v) is 4.51. The summed E-state index contributed by atoms with van der Waals surface area (Å²) in [5, 5.41) is 3.60. The van der Waals surface area contributed by atoms with Gasteiger partial charge in [-0.15, -0.1) is 0 Å². The molecule has 0 unspecified atom stereocenters. The second kappa shape index (κ2) is 10.2. The van der Waals surface area contributed by atoms with Crippen LogP contribution in [0.25, 0.3) is 11.0 Å². The zero-order valence-corrected chi connectivity index (χ0v) is 14.7. The summed E-state index contributed by atoms with van der Waals surface area (Å²) in [6.45, 7) is 2.00. The Kier molecular flexibility index (Phi) is 8.56. The largest absolute Gasteiger partial charge is 0.448 e. The summed E-state index contributed by atoms with van der Waals surface area (Å²) in [5.41, 5.74) is 0.576. The number of thiol groups is 2. The minimum atomic E-state index is -0.713. The average molecular weight is 361 g/mol. The molecule has 0 radical (unpaired) electrons. The number of hydrogen-bond donors (Lipinski definition) is 4. The third kappa shape index (κ3) is 5.17. The molecule has 2 N–H and O–H groups in total. The summed E-state index contributed by atoms with van der Waals surface area (Å²) >= 11 is 7.64. The number of ether oxygens (including phenoxy) is 1. The van der Waals surface area contributed by atoms with Gasteiger partial charge >= 0.3 is 6.09 Å². The van der Waals surface area contributed by atoms with Crippen LogP contribution < -0.4 is 9.62 Å². The third-order valence-corrected chi connectivity index (χ3v) is 2.96. The van der Waals surface area contributed by atoms with Crippen molar-refractivity contribution in [1.82, 2.24) is 15.0 Å². The SMILES string of the molecule is CCNc1nc(N(S)C(=O)OCCCF)c2cc[nH]c2n1.CS. The van der Waals surface area contributed by atoms with Crippen LogP contribution in [-0.4, -0.2) is 47.1 Å². The fraction of sp³-hybridized carbons (Fsp3) is 0.462. The van der Waals surface area contributed by atoms with E-state index in [9.17, 15) is 9.18 Å². The Morgan fingerprint density at radius 2 is 2.22 bits per heavy atom. The molecule has 0 saturated carbocycles. The molecule has 0 saturated heterocycles. The molecule has 128 valence electrons. The first-order valence-corrected chi connectivity index (χ1v) is 8.22. The second-order valence-electron chi connectivity index (χ2n) is 4.11. The van der Waals surface area contributed by atoms with Crippen LogP contribution in [0.15, 0.2) is 12.3 Å². The van der Waals surface area contributed by atoms with E-state index in [4.69, 9.17) is 4.74 Å². The molecule has 0 fully saturated rings. The van der Waals surface area contributed by atoms with Gasteiger partial charge in [0.15, 0.2) is 5.82 Å². The Bertz CT molecular complexity index is 625. The highest BCUT2D eigenvalue weighted by Gasteiger charge is 2.20. The van der Waals surface area contributed by atoms with Gasteiger partial charge in [0.25, 0.3) is 0 Å². The molecular weight excluding hydrogens is 341 g/mol. The predicted molar refractivity (Wildman–Crippen MR) is 96.4 cm³/mol. The van der Waals surface area contributed by atoms with Crippen molar-refractivity contribution in [1.29, 1.82) is 0 Å². The number of nitrogens with zero attached hydrogens (tertiary/aromatic N) is 3. The van der Waals surface area contributed by atoms with Crippen molar-refractivity contribution in [3.8, 4) is 0 Å². The molecule has 23 heavy (non-hydrogen) atoms. The molecule has 0 aliphatic heterocycles. The molecule has 2 rings (SSSR count). The zero-order chi connectivity index (χ0) is 17.2. The van der Waals surface area contributed by atoms with E-state index in [0.717, 1.165) is 4.31 Å². The summed E-state index contributed by atoms with van der Waals surface area (Å²) in [7, 11) is 0. The number of alkyl halides is 1. The zero-order valence-electron chi connectivity index (χ0n) is 12.9. The molecule has 0 aliphatic carbocycles. The van der Waals surface area contributed by atoms with Crippen molar-refractivity contribution in [2.45, 2.75) is 13.3 Å². The van der Waals surface area contributed by atoms with Gasteiger partial charge in [0.2, 0.25) is 5.95 Å². The molecule has 2 aromatic rings. The maximum Gasteiger partial charge on any atom is 0.425 e. The number of nitrogens with one attached hydrogen (secondary N) is 2. The van der Waals surface area contributed by atoms with Crippen LogP contribution in [0.1, 0.15) is 13.3 Å². The smallest absolute Gasteiger partial charge is 0.425 e. The standard InChI is InChI=1S/C12H16FN5O2S.CH4S/c1-2-14-11-16-9-8(4-6-15-9)10(17-11)18(21)12(19)20-7-3-5-13;1-2/h4,6,21H,2-3,5,7H2,1H3,(H2,14,15,16,17);2H,1H3. The maximum absolute atomic E-state index is 12.0. The fourth-order valence-electron chi connectivity index (χ4n) is 1.69. The first kappa shape index (κ1) is 19.4. The Balaban J connectivity index is 0.00000127. The van der Waals surface area contributed by atoms with Gasteiger partial charge in [0.05, 0.1) is 18.7 Å². The van der Waals surface area contributed by atoms with Crippen molar-refractivity contribution >= 4 is 54.3 Å². The molecule has 1 amide bonds. The van der Waals surface area contributed by atoms with E-state index < -0.39 is 12.8 Å². The lowest BCUT2D eigenvalue weighted by atomic mass is 10.4. The van der Waals surface area contributed by atoms with Crippen molar-refractivity contribution in [3.63, 3.8) is 0 Å². The van der Waals surface area contributed by atoms with E-state index in [1.165, 1.54) is 0 Å². The number of carbonyl (C=O) groups is 1. The molecule has 10 heteroatoms. The number of halogens is 1. The highest BCUT2D eigenvalue weighted by Crippen LogP contribution is 2.26. The van der Waals surface area contributed by atoms with Crippen LogP contribution in [0.2, 0.25) is 0 Å². The normalized spacial score (nSPS) is 9.96. The lowest BCUT2D eigenvalue weighted by Crippen LogP contribution is -2.24. The number of aromatic amines is 1. The van der Waals surface area contributed by atoms with Crippen LogP contribution >= 0.6 is 25.4 Å². The van der Waals surface area contributed by atoms with Gasteiger partial charge in [0, 0.05) is 19.2 Å². The highest BCUT2D eigenvalue weighted by atomic mass is 32.1. The summed E-state index contributed by atoms with van der Waals surface area (Å²) < 4.78 is 17.9. The minimum Gasteiger partial charge on any atom is -0.448 e. The number of amides is 1. The van der Waals surface area contributed by atoms with E-state index in [1.807, 2.05) is 6.92 Å². The van der Waals surface area contributed by atoms with Crippen molar-refractivity contribution in [3.05, 3.63) is 12.3 Å². The summed E-state index contributed by atoms with van der Waals surface area (Å²) in [4.78, 5) is 23.3. The van der Waals surface area contributed by atoms with Crippen molar-refractivity contribution < 1.29 is 13.9 Å². The van der Waals surface area contributed by atoms with Gasteiger partial charge in [-0.1, -0.05) is 12.8 Å². The van der Waals surface area contributed by atoms with Crippen LogP contribution in [0.4, 0.5) is 21.0 Å². The number of fused-ring (bicyclic) bond motifs is 1. The molecular formula is C13H20FN5O2S2. The number of carbonyl (C=O) groups excluding carboxylic acids is 1. The summed E-state index contributed by atoms with van der Waals surface area (Å²) in [6, 6.07) is 1.73. The molecule has 0 aliphatic rings. The molecule has 0 aromatic carbocycles. The van der Waals surface area contributed by atoms with Gasteiger partial charge in [-0.3, -0.25) is 4.39 Å². The van der Waals surface area contributed by atoms with Crippen LogP contribution in [0.5, 0.6) is 0 Å². The van der Waals surface area contributed by atoms with Crippen LogP contribution in [0.3, 0.4) is 0 Å². The maximum atomic E-state index is 12.0. The minimum absolute atomic E-state index is 0.00613. The first-order valence-electron chi connectivity index (χ1n) is 6.92. The Morgan fingerprint density at radius 1 is 1.48 bits per heavy atom. The first-order chi connectivity index (χ1) is 11.2. The highest BCUT2D eigenvalue weighted by molar-refractivity contribution is 7.82. The van der Waals surface area contributed by atoms with Crippen molar-refractivity contribution in [2.75, 3.05) is 35.7 Å². The lowest BCUT2D eigenvalue weighted by Gasteiger charge is -2.16. The predicted octanol–water partition coefficient (Wildman–Crippen LogP) is 3.08. The van der Waals surface area contributed by atoms with Gasteiger partial charge in [-0.25, -0.2) is 9.10 Å². The molecule has 2 heterocycles. The number of hydrogen-bond acceptors (Lipinski definition) is 7. The number of aromatic nitrogens is 3. The van der Waals surface area contributed by atoms with Crippen molar-refractivity contribution in [2.24, 2.45) is 0 Å².